The number of pyridine rings is 1. The molecule has 0 unspecified atom stereocenters. The normalized spacial score (nSPS) is 10.6. The highest BCUT2D eigenvalue weighted by Crippen LogP contribution is 2.17. The highest BCUT2D eigenvalue weighted by molar-refractivity contribution is 6.33. The predicted molar refractivity (Wildman–Crippen MR) is 54.7 cm³/mol. The van der Waals surface area contributed by atoms with Gasteiger partial charge in [0.2, 0.25) is 0 Å². The van der Waals surface area contributed by atoms with Gasteiger partial charge in [-0.25, -0.2) is 4.79 Å². The lowest BCUT2D eigenvalue weighted by Crippen LogP contribution is -2.02. The van der Waals surface area contributed by atoms with Crippen LogP contribution < -0.4 is 0 Å². The zero-order chi connectivity index (χ0) is 10.7. The van der Waals surface area contributed by atoms with E-state index in [0.717, 1.165) is 12.1 Å². The molecular formula is C10H12ClNO2. The first kappa shape index (κ1) is 11.0. The summed E-state index contributed by atoms with van der Waals surface area (Å²) in [5, 5.41) is 8.97. The summed E-state index contributed by atoms with van der Waals surface area (Å²) in [7, 11) is 0. The van der Waals surface area contributed by atoms with Gasteiger partial charge in [-0.2, -0.15) is 0 Å². The van der Waals surface area contributed by atoms with Crippen LogP contribution in [0, 0.1) is 5.92 Å². The average molecular weight is 214 g/mol. The van der Waals surface area contributed by atoms with Crippen LogP contribution in [0.1, 0.15) is 29.9 Å². The third kappa shape index (κ3) is 2.70. The van der Waals surface area contributed by atoms with Crippen molar-refractivity contribution in [1.29, 1.82) is 0 Å². The Balaban J connectivity index is 2.94. The van der Waals surface area contributed by atoms with Crippen molar-refractivity contribution in [3.63, 3.8) is 0 Å². The van der Waals surface area contributed by atoms with Crippen LogP contribution in [0.2, 0.25) is 5.02 Å². The van der Waals surface area contributed by atoms with E-state index in [2.05, 4.69) is 18.8 Å². The van der Waals surface area contributed by atoms with Crippen molar-refractivity contribution in [2.45, 2.75) is 20.3 Å². The molecule has 14 heavy (non-hydrogen) atoms. The van der Waals surface area contributed by atoms with Crippen LogP contribution in [0.25, 0.3) is 0 Å². The first-order valence-corrected chi connectivity index (χ1v) is 4.76. The van der Waals surface area contributed by atoms with Gasteiger partial charge < -0.3 is 5.11 Å². The minimum atomic E-state index is -1.04. The van der Waals surface area contributed by atoms with Crippen molar-refractivity contribution in [2.24, 2.45) is 5.92 Å². The van der Waals surface area contributed by atoms with E-state index in [1.807, 2.05) is 0 Å². The number of hydrogen-bond acceptors (Lipinski definition) is 2. The fraction of sp³-hybridized carbons (Fsp3) is 0.400. The van der Waals surface area contributed by atoms with E-state index in [9.17, 15) is 4.79 Å². The third-order valence-corrected chi connectivity index (χ3v) is 2.07. The number of nitrogens with zero attached hydrogens (tertiary/aromatic N) is 1. The number of halogens is 1. The Kier molecular flexibility index (Phi) is 3.47. The first-order valence-electron chi connectivity index (χ1n) is 4.38. The molecule has 1 N–H and O–H groups in total. The summed E-state index contributed by atoms with van der Waals surface area (Å²) in [6.07, 6.45) is 2.11. The lowest BCUT2D eigenvalue weighted by atomic mass is 10.1. The largest absolute Gasteiger partial charge is 0.478 e. The number of carbonyl (C=O) groups is 1. The number of aromatic carboxylic acids is 1. The van der Waals surface area contributed by atoms with Crippen LogP contribution in [0.5, 0.6) is 0 Å². The molecule has 1 aromatic heterocycles. The zero-order valence-electron chi connectivity index (χ0n) is 8.12. The molecule has 0 atom stereocenters. The van der Waals surface area contributed by atoms with E-state index >= 15 is 0 Å². The molecular weight excluding hydrogens is 202 g/mol. The maximum atomic E-state index is 10.6. The number of hydrogen-bond donors (Lipinski definition) is 1. The molecule has 0 aliphatic rings. The molecule has 0 aliphatic carbocycles. The summed E-state index contributed by atoms with van der Waals surface area (Å²) in [5.74, 6) is -0.562. The summed E-state index contributed by atoms with van der Waals surface area (Å²) >= 11 is 5.79. The zero-order valence-corrected chi connectivity index (χ0v) is 8.88. The molecule has 0 aliphatic heterocycles. The Morgan fingerprint density at radius 1 is 1.64 bits per heavy atom. The fourth-order valence-corrected chi connectivity index (χ4v) is 1.41. The molecule has 76 valence electrons. The van der Waals surface area contributed by atoms with Crippen LogP contribution in [0.15, 0.2) is 12.3 Å². The highest BCUT2D eigenvalue weighted by atomic mass is 35.5. The molecule has 0 saturated heterocycles. The van der Waals surface area contributed by atoms with Crippen molar-refractivity contribution in [3.8, 4) is 0 Å². The maximum absolute atomic E-state index is 10.6. The fourth-order valence-electron chi connectivity index (χ4n) is 1.16. The Bertz CT molecular complexity index is 350. The standard InChI is InChI=1S/C10H12ClNO2/c1-6(2)3-7-4-9(11)8(5-12-7)10(13)14/h4-6H,3H2,1-2H3,(H,13,14). The second-order valence-corrected chi connectivity index (χ2v) is 3.97. The maximum Gasteiger partial charge on any atom is 0.338 e. The van der Waals surface area contributed by atoms with Crippen molar-refractivity contribution in [1.82, 2.24) is 4.98 Å². The van der Waals surface area contributed by atoms with Crippen molar-refractivity contribution < 1.29 is 9.90 Å². The van der Waals surface area contributed by atoms with Crippen LogP contribution in [-0.4, -0.2) is 16.1 Å². The van der Waals surface area contributed by atoms with Gasteiger partial charge in [-0.1, -0.05) is 25.4 Å². The van der Waals surface area contributed by atoms with Gasteiger partial charge in [-0.15, -0.1) is 0 Å². The molecule has 0 radical (unpaired) electrons. The molecule has 0 amide bonds. The third-order valence-electron chi connectivity index (χ3n) is 1.76. The number of rotatable bonds is 3. The van der Waals surface area contributed by atoms with E-state index in [0.29, 0.717) is 5.92 Å². The van der Waals surface area contributed by atoms with Crippen LogP contribution in [-0.2, 0) is 6.42 Å². The number of carboxylic acids is 1. The smallest absolute Gasteiger partial charge is 0.338 e. The second kappa shape index (κ2) is 4.42. The van der Waals surface area contributed by atoms with Gasteiger partial charge in [0.15, 0.2) is 0 Å². The minimum Gasteiger partial charge on any atom is -0.478 e. The van der Waals surface area contributed by atoms with E-state index in [4.69, 9.17) is 16.7 Å². The quantitative estimate of drug-likeness (QED) is 0.840. The summed E-state index contributed by atoms with van der Waals surface area (Å²) in [6, 6.07) is 1.62. The van der Waals surface area contributed by atoms with Gasteiger partial charge in [0.25, 0.3) is 0 Å². The second-order valence-electron chi connectivity index (χ2n) is 3.56. The number of carboxylic acid groups (broad SMARTS) is 1. The Morgan fingerprint density at radius 2 is 2.29 bits per heavy atom. The Morgan fingerprint density at radius 3 is 2.71 bits per heavy atom. The topological polar surface area (TPSA) is 50.2 Å². The molecule has 1 heterocycles. The van der Waals surface area contributed by atoms with Crippen molar-refractivity contribution in [2.75, 3.05) is 0 Å². The molecule has 1 rings (SSSR count). The van der Waals surface area contributed by atoms with Crippen molar-refractivity contribution >= 4 is 17.6 Å². The van der Waals surface area contributed by atoms with Gasteiger partial charge in [-0.3, -0.25) is 4.98 Å². The SMILES string of the molecule is CC(C)Cc1cc(Cl)c(C(=O)O)cn1. The van der Waals surface area contributed by atoms with Crippen LogP contribution in [0.4, 0.5) is 0 Å². The van der Waals surface area contributed by atoms with E-state index in [1.54, 1.807) is 6.07 Å². The van der Waals surface area contributed by atoms with Gasteiger partial charge in [0.1, 0.15) is 0 Å². The van der Waals surface area contributed by atoms with Gasteiger partial charge in [0.05, 0.1) is 10.6 Å². The highest BCUT2D eigenvalue weighted by Gasteiger charge is 2.10. The molecule has 4 heteroatoms. The summed E-state index contributed by atoms with van der Waals surface area (Å²) in [6.45, 7) is 4.14. The molecule has 1 aromatic rings. The molecule has 0 spiro atoms. The molecule has 0 aromatic carbocycles. The molecule has 0 fully saturated rings. The Hall–Kier alpha value is -1.09. The molecule has 0 bridgehead atoms. The molecule has 3 nitrogen and oxygen atoms in total. The van der Waals surface area contributed by atoms with E-state index in [-0.39, 0.29) is 10.6 Å². The van der Waals surface area contributed by atoms with Gasteiger partial charge in [0, 0.05) is 11.9 Å². The van der Waals surface area contributed by atoms with Crippen LogP contribution in [0.3, 0.4) is 0 Å². The van der Waals surface area contributed by atoms with E-state index in [1.165, 1.54) is 6.20 Å². The monoisotopic (exact) mass is 213 g/mol. The number of aromatic nitrogens is 1. The Labute approximate surface area is 87.7 Å². The average Bonchev–Trinajstić information content (AvgIpc) is 2.01. The van der Waals surface area contributed by atoms with Crippen molar-refractivity contribution in [3.05, 3.63) is 28.5 Å². The van der Waals surface area contributed by atoms with Crippen LogP contribution >= 0.6 is 11.6 Å². The first-order chi connectivity index (χ1) is 6.50. The predicted octanol–water partition coefficient (Wildman–Crippen LogP) is 2.63. The summed E-state index contributed by atoms with van der Waals surface area (Å²) in [5.41, 5.74) is 0.883. The van der Waals surface area contributed by atoms with E-state index < -0.39 is 5.97 Å². The lowest BCUT2D eigenvalue weighted by Gasteiger charge is -2.05. The minimum absolute atomic E-state index is 0.0548. The van der Waals surface area contributed by atoms with Gasteiger partial charge in [-0.05, 0) is 18.4 Å². The lowest BCUT2D eigenvalue weighted by molar-refractivity contribution is 0.0696. The van der Waals surface area contributed by atoms with Gasteiger partial charge >= 0.3 is 5.97 Å². The summed E-state index contributed by atoms with van der Waals surface area (Å²) < 4.78 is 0. The molecule has 0 saturated carbocycles. The summed E-state index contributed by atoms with van der Waals surface area (Å²) in [4.78, 5) is 14.7.